The van der Waals surface area contributed by atoms with Crippen LogP contribution in [-0.4, -0.2) is 215 Å². The van der Waals surface area contributed by atoms with Crippen LogP contribution in [0.2, 0.25) is 0 Å². The molecular formula is C69H68N28O8S4. The van der Waals surface area contributed by atoms with E-state index < -0.39 is 67.0 Å². The highest BCUT2D eigenvalue weighted by Gasteiger charge is 2.60. The molecule has 5 aliphatic rings. The number of nitriles is 4. The van der Waals surface area contributed by atoms with Crippen molar-refractivity contribution in [3.05, 3.63) is 146 Å². The van der Waals surface area contributed by atoms with E-state index in [2.05, 4.69) is 104 Å². The van der Waals surface area contributed by atoms with Crippen LogP contribution in [0.4, 0.5) is 11.4 Å². The number of aromatic nitrogens is 18. The molecule has 36 nitrogen and oxygen atoms in total. The van der Waals surface area contributed by atoms with E-state index in [-0.39, 0.29) is 89.5 Å². The summed E-state index contributed by atoms with van der Waals surface area (Å²) in [6.45, 7) is 21.8. The first-order chi connectivity index (χ1) is 52.2. The van der Waals surface area contributed by atoms with Gasteiger partial charge in [-0.15, -0.1) is 0 Å². The van der Waals surface area contributed by atoms with Crippen molar-refractivity contribution in [1.29, 1.82) is 21.0 Å². The van der Waals surface area contributed by atoms with Crippen LogP contribution < -0.4 is 0 Å². The summed E-state index contributed by atoms with van der Waals surface area (Å²) >= 11 is 0. The zero-order valence-electron chi connectivity index (χ0n) is 59.0. The highest BCUT2D eigenvalue weighted by atomic mass is 32.2. The zero-order valence-corrected chi connectivity index (χ0v) is 62.3. The van der Waals surface area contributed by atoms with Gasteiger partial charge in [-0.05, 0) is 63.9 Å². The van der Waals surface area contributed by atoms with Gasteiger partial charge in [-0.1, -0.05) is 0 Å². The molecule has 12 aromatic heterocycles. The fraction of sp³-hybridized carbons (Fsp3) is 0.362. The third-order valence-corrected chi connectivity index (χ3v) is 28.1. The Morgan fingerprint density at radius 2 is 0.954 bits per heavy atom. The molecule has 556 valence electrons. The molecule has 1 saturated carbocycles. The number of nitrogens with zero attached hydrogens (tertiary/aromatic N) is 24. The minimum atomic E-state index is -3.37. The van der Waals surface area contributed by atoms with Crippen LogP contribution in [0, 0.1) is 58.5 Å². The van der Waals surface area contributed by atoms with E-state index in [1.807, 2.05) is 36.5 Å². The van der Waals surface area contributed by atoms with Gasteiger partial charge in [0.15, 0.2) is 5.65 Å². The molecule has 17 rings (SSSR count). The molecule has 40 heteroatoms. The van der Waals surface area contributed by atoms with Crippen LogP contribution in [0.3, 0.4) is 0 Å². The number of H-pyrrole nitrogens is 4. The number of rotatable bonds is 19. The number of sulfonamides is 4. The number of imidazole rings is 1. The van der Waals surface area contributed by atoms with Crippen molar-refractivity contribution in [3.8, 4) is 69.0 Å². The first kappa shape index (κ1) is 73.9. The molecule has 0 atom stereocenters. The molecule has 0 radical (unpaired) electrons. The van der Waals surface area contributed by atoms with Gasteiger partial charge in [-0.25, -0.2) is 63.3 Å². The molecule has 0 aromatic carbocycles. The van der Waals surface area contributed by atoms with E-state index in [4.69, 9.17) is 13.1 Å². The van der Waals surface area contributed by atoms with Crippen molar-refractivity contribution < 1.29 is 33.7 Å². The Morgan fingerprint density at radius 1 is 0.514 bits per heavy atom. The van der Waals surface area contributed by atoms with Crippen molar-refractivity contribution in [2.75, 3.05) is 70.1 Å². The predicted octanol–water partition coefficient (Wildman–Crippen LogP) is 6.84. The number of fused-ring (bicyclic) bond motifs is 4. The van der Waals surface area contributed by atoms with E-state index in [1.165, 1.54) is 35.9 Å². The maximum atomic E-state index is 12.8. The van der Waals surface area contributed by atoms with Gasteiger partial charge in [0.25, 0.3) is 0 Å². The molecule has 16 heterocycles. The molecule has 4 saturated heterocycles. The lowest BCUT2D eigenvalue weighted by molar-refractivity contribution is 0.0707. The maximum Gasteiger partial charge on any atom is 0.219 e. The van der Waals surface area contributed by atoms with Crippen LogP contribution in [0.1, 0.15) is 59.3 Å². The summed E-state index contributed by atoms with van der Waals surface area (Å²) in [4.78, 5) is 44.7. The monoisotopic (exact) mass is 1540 g/mol. The Hall–Kier alpha value is -12.0. The smallest absolute Gasteiger partial charge is 0.219 e. The summed E-state index contributed by atoms with van der Waals surface area (Å²) in [7, 11) is -13.2. The summed E-state index contributed by atoms with van der Waals surface area (Å²) < 4.78 is 109. The highest BCUT2D eigenvalue weighted by molar-refractivity contribution is 7.91. The predicted molar refractivity (Wildman–Crippen MR) is 397 cm³/mol. The van der Waals surface area contributed by atoms with Gasteiger partial charge in [0.1, 0.15) is 56.8 Å². The molecule has 1 aliphatic carbocycles. The molecule has 0 amide bonds. The van der Waals surface area contributed by atoms with Crippen LogP contribution in [0.5, 0.6) is 0 Å². The molecule has 0 spiro atoms. The van der Waals surface area contributed by atoms with Crippen molar-refractivity contribution in [2.45, 2.75) is 86.2 Å². The largest absolute Gasteiger partial charge is 0.346 e. The average Bonchev–Trinajstić information content (AvgIpc) is 1.64. The average molecular weight is 1550 g/mol. The van der Waals surface area contributed by atoms with Gasteiger partial charge < -0.3 is 19.9 Å². The Morgan fingerprint density at radius 3 is 1.41 bits per heavy atom. The van der Waals surface area contributed by atoms with Crippen molar-refractivity contribution in [1.82, 2.24) is 106 Å². The molecule has 109 heavy (non-hydrogen) atoms. The zero-order chi connectivity index (χ0) is 77.1. The number of pyridine rings is 3. The van der Waals surface area contributed by atoms with Crippen LogP contribution in [0.25, 0.3) is 98.7 Å². The molecule has 12 aromatic rings. The minimum Gasteiger partial charge on any atom is -0.346 e. The lowest BCUT2D eigenvalue weighted by atomic mass is 9.89. The molecule has 0 bridgehead atoms. The number of aromatic amines is 4. The van der Waals surface area contributed by atoms with E-state index in [9.17, 15) is 54.7 Å². The fourth-order valence-corrected chi connectivity index (χ4v) is 19.6. The van der Waals surface area contributed by atoms with Gasteiger partial charge >= 0.3 is 0 Å². The lowest BCUT2D eigenvalue weighted by Crippen LogP contribution is -2.65. The second kappa shape index (κ2) is 28.0. The highest BCUT2D eigenvalue weighted by Crippen LogP contribution is 2.49. The summed E-state index contributed by atoms with van der Waals surface area (Å²) in [5, 5.41) is 57.5. The molecular weight excluding hydrogens is 1480 g/mol. The van der Waals surface area contributed by atoms with Crippen molar-refractivity contribution in [2.24, 2.45) is 0 Å². The summed E-state index contributed by atoms with van der Waals surface area (Å²) in [5.74, 6) is 0.0984. The van der Waals surface area contributed by atoms with Gasteiger partial charge in [0, 0.05) is 164 Å². The standard InChI is InChI=1S/C20H19N7O2S.C17H15N7O2S.2C16H17N7O2S/c1-19(4-5-19)30(28,29)26-12-20(13-26,6-7-21)27-11-14(9-25-27)17-15-3-8-23-18(15)24-10-16(17)22-2;1-19-14-8-21-16-13(3-6-20-16)15(14)12-7-22-24(9-12)17(4-5-18)10-23(11-17)27(2,25)26;1-2-26(24,25)22-9-16(10-22,5-6-17)23-8-4-13(21-23)14-12-3-7-18-15(12)20-11-19-14;1-2-26(24,25)22-9-16(10-22,4-5-17)23-8-12(7-21-23)13-3-6-18-15-14(13)19-11-20-15/h3,8-11H,4-6,12-13H2,1H3,(H,23,24);3,6-9H,4,10-11H2,2H3,(H,20,21);3-4,7-8,11H,2,5,9-10H2,1H3,(H,18,19,20);3,6-8,11H,2,4,9-10H2,1H3,(H,18,19,20). The number of hydrogen-bond acceptors (Lipinski definition) is 22. The third kappa shape index (κ3) is 13.2. The number of hydrogen-bond donors (Lipinski definition) is 4. The number of nitrogens with one attached hydrogen (secondary N) is 4. The van der Waals surface area contributed by atoms with Crippen LogP contribution >= 0.6 is 0 Å². The fourth-order valence-electron chi connectivity index (χ4n) is 14.1. The normalized spacial score (nSPS) is 17.7. The minimum absolute atomic E-state index is 0.0480. The Balaban J connectivity index is 0.000000122. The van der Waals surface area contributed by atoms with Gasteiger partial charge in [-0.2, -0.15) is 58.7 Å². The quantitative estimate of drug-likeness (QED) is 0.0602. The van der Waals surface area contributed by atoms with Gasteiger partial charge in [-0.3, -0.25) is 28.7 Å². The van der Waals surface area contributed by atoms with Crippen molar-refractivity contribution in [3.63, 3.8) is 0 Å². The van der Waals surface area contributed by atoms with Gasteiger partial charge in [0.05, 0.1) is 116 Å². The van der Waals surface area contributed by atoms with Crippen LogP contribution in [-0.2, 0) is 62.2 Å². The van der Waals surface area contributed by atoms with E-state index in [0.29, 0.717) is 58.1 Å². The van der Waals surface area contributed by atoms with Crippen LogP contribution in [0.15, 0.2) is 124 Å². The third-order valence-electron chi connectivity index (χ3n) is 20.8. The van der Waals surface area contributed by atoms with Gasteiger partial charge in [0.2, 0.25) is 51.5 Å². The summed E-state index contributed by atoms with van der Waals surface area (Å²) in [6, 6.07) is 17.9. The summed E-state index contributed by atoms with van der Waals surface area (Å²) in [5.41, 5.74) is 7.67. The SMILES string of the molecule is CCS(=O)(=O)N1CC(CC#N)(n2cc(-c3ccnc4nc[nH]c34)cn2)C1.CCS(=O)(=O)N1CC(CC#N)(n2ccc(-c3ncnc4[nH]ccc34)n2)C1.[C-]#[N+]c1cnc2[nH]ccc2c1-c1cnn(C2(CC#N)CN(S(=O)(=O)C3(C)CC3)C2)c1.[C-]#[N+]c1cnc2[nH]ccc2c1-c1cnn(C2(CC#N)CN(S(C)(=O)=O)C2)c1. The molecule has 4 aliphatic heterocycles. The lowest BCUT2D eigenvalue weighted by Gasteiger charge is -2.48. The first-order valence-electron chi connectivity index (χ1n) is 34.0. The Bertz CT molecular complexity index is 6110. The Labute approximate surface area is 624 Å². The Kier molecular flexibility index (Phi) is 19.0. The second-order valence-electron chi connectivity index (χ2n) is 27.7. The van der Waals surface area contributed by atoms with E-state index in [1.54, 1.807) is 108 Å². The van der Waals surface area contributed by atoms with Crippen molar-refractivity contribution >= 4 is 95.7 Å². The maximum absolute atomic E-state index is 12.8. The first-order valence-corrected chi connectivity index (χ1v) is 40.5. The molecule has 5 fully saturated rings. The molecule has 4 N–H and O–H groups in total. The topological polar surface area (TPSA) is 465 Å². The molecule has 0 unspecified atom stereocenters. The van der Waals surface area contributed by atoms with E-state index in [0.717, 1.165) is 61.4 Å². The second-order valence-corrected chi connectivity index (χ2v) is 36.6. The summed E-state index contributed by atoms with van der Waals surface area (Å²) in [6.07, 6.45) is 28.5. The van der Waals surface area contributed by atoms with E-state index >= 15 is 0 Å².